The van der Waals surface area contributed by atoms with Gasteiger partial charge in [0.2, 0.25) is 9.84 Å². The van der Waals surface area contributed by atoms with Crippen molar-refractivity contribution in [2.75, 3.05) is 0 Å². The highest BCUT2D eigenvalue weighted by Gasteiger charge is 2.35. The van der Waals surface area contributed by atoms with Crippen molar-refractivity contribution >= 4 is 64.9 Å². The number of ether oxygens (including phenoxy) is 1. The van der Waals surface area contributed by atoms with Gasteiger partial charge in [0.15, 0.2) is 0 Å². The molecule has 0 spiro atoms. The van der Waals surface area contributed by atoms with Gasteiger partial charge in [-0.2, -0.15) is 0 Å². The fourth-order valence-electron chi connectivity index (χ4n) is 7.31. The Morgan fingerprint density at radius 1 is 0.460 bits per heavy atom. The van der Waals surface area contributed by atoms with Gasteiger partial charge in [-0.05, 0) is 91.0 Å². The smallest absolute Gasteiger partial charge is 0.336 e. The Kier molecular flexibility index (Phi) is 6.37. The number of hydrogen-bond donors (Lipinski definition) is 2. The number of fused-ring (bicyclic) bond motifs is 8. The van der Waals surface area contributed by atoms with Crippen LogP contribution in [0.15, 0.2) is 143 Å². The molecule has 8 aromatic carbocycles. The molecule has 1 heterocycles. The molecule has 0 unspecified atom stereocenters. The summed E-state index contributed by atoms with van der Waals surface area (Å²) in [4.78, 5) is 23.9. The Morgan fingerprint density at radius 2 is 0.880 bits per heavy atom. The summed E-state index contributed by atoms with van der Waals surface area (Å²) in [5, 5.41) is 24.7. The normalized spacial score (nSPS) is 13.2. The largest absolute Gasteiger partial charge is 0.478 e. The molecular weight excluding hydrogens is 649 g/mol. The fraction of sp³-hybridized carbons (Fsp3) is 0. The maximum absolute atomic E-state index is 14.6. The second-order valence-electron chi connectivity index (χ2n) is 12.3. The predicted molar refractivity (Wildman–Crippen MR) is 193 cm³/mol. The lowest BCUT2D eigenvalue weighted by Crippen LogP contribution is -2.12. The first-order valence-electron chi connectivity index (χ1n) is 15.8. The third-order valence-electron chi connectivity index (χ3n) is 9.56. The molecule has 0 saturated heterocycles. The molecule has 8 aromatic rings. The Bertz CT molecular complexity index is 2730. The number of hydrogen-bond acceptors (Lipinski definition) is 5. The van der Waals surface area contributed by atoms with Crippen LogP contribution in [0.25, 0.3) is 65.3 Å². The molecular formula is C42H24O7S. The lowest BCUT2D eigenvalue weighted by atomic mass is 9.93. The van der Waals surface area contributed by atoms with Gasteiger partial charge in [-0.1, -0.05) is 97.1 Å². The maximum Gasteiger partial charge on any atom is 0.336 e. The number of carbonyl (C=O) groups is 2. The second-order valence-corrected chi connectivity index (χ2v) is 14.1. The molecule has 0 radical (unpaired) electrons. The lowest BCUT2D eigenvalue weighted by Gasteiger charge is -2.23. The first kappa shape index (κ1) is 29.6. The summed E-state index contributed by atoms with van der Waals surface area (Å²) in [7, 11) is -4.06. The first-order chi connectivity index (χ1) is 24.2. The molecule has 0 amide bonds. The monoisotopic (exact) mass is 672 g/mol. The van der Waals surface area contributed by atoms with E-state index in [9.17, 15) is 28.2 Å². The molecule has 0 fully saturated rings. The predicted octanol–water partition coefficient (Wildman–Crippen LogP) is 9.97. The van der Waals surface area contributed by atoms with Crippen molar-refractivity contribution in [3.63, 3.8) is 0 Å². The zero-order chi connectivity index (χ0) is 34.3. The molecule has 8 heteroatoms. The van der Waals surface area contributed by atoms with Crippen molar-refractivity contribution in [2.45, 2.75) is 9.79 Å². The van der Waals surface area contributed by atoms with Gasteiger partial charge in [0.05, 0.1) is 11.1 Å². The third-order valence-corrected chi connectivity index (χ3v) is 11.5. The van der Waals surface area contributed by atoms with Gasteiger partial charge < -0.3 is 14.9 Å². The number of carboxylic acids is 2. The number of rotatable bonds is 4. The Morgan fingerprint density at radius 3 is 1.30 bits per heavy atom. The van der Waals surface area contributed by atoms with Crippen LogP contribution in [-0.4, -0.2) is 30.6 Å². The van der Waals surface area contributed by atoms with Crippen molar-refractivity contribution in [1.82, 2.24) is 0 Å². The standard InChI is InChI=1S/C42H24O7S/c43-41(44)35-17-15-27(31-5-1-3-7-33(31)35)23-9-13-29-25(21-23)11-19-37-39(29)50(47,48)40-30-14-10-24(22-26(30)12-20-38(40)49-37)28-16-18-36(42(45)46)34-8-4-2-6-32(28)34/h1-22H,(H,43,44)(H,45,46). The van der Waals surface area contributed by atoms with Crippen molar-refractivity contribution in [1.29, 1.82) is 0 Å². The molecule has 0 bridgehead atoms. The van der Waals surface area contributed by atoms with Gasteiger partial charge in [0.1, 0.15) is 21.3 Å². The van der Waals surface area contributed by atoms with Crippen molar-refractivity contribution in [2.24, 2.45) is 0 Å². The Balaban J connectivity index is 1.18. The van der Waals surface area contributed by atoms with E-state index in [0.717, 1.165) is 33.0 Å². The summed E-state index contributed by atoms with van der Waals surface area (Å²) in [6, 6.07) is 39.5. The van der Waals surface area contributed by atoms with Gasteiger partial charge in [-0.3, -0.25) is 0 Å². The van der Waals surface area contributed by atoms with Gasteiger partial charge >= 0.3 is 11.9 Å². The molecule has 2 N–H and O–H groups in total. The van der Waals surface area contributed by atoms with E-state index < -0.39 is 21.8 Å². The van der Waals surface area contributed by atoms with Crippen LogP contribution < -0.4 is 4.74 Å². The Labute approximate surface area is 285 Å². The first-order valence-corrected chi connectivity index (χ1v) is 17.3. The molecule has 0 aromatic heterocycles. The van der Waals surface area contributed by atoms with Crippen LogP contribution in [0.1, 0.15) is 20.7 Å². The average Bonchev–Trinajstić information content (AvgIpc) is 3.12. The van der Waals surface area contributed by atoms with E-state index in [1.165, 1.54) is 0 Å². The van der Waals surface area contributed by atoms with Crippen LogP contribution in [0.2, 0.25) is 0 Å². The highest BCUT2D eigenvalue weighted by Crippen LogP contribution is 2.49. The van der Waals surface area contributed by atoms with Crippen LogP contribution in [0.4, 0.5) is 0 Å². The molecule has 0 atom stereocenters. The van der Waals surface area contributed by atoms with E-state index >= 15 is 0 Å². The van der Waals surface area contributed by atoms with Crippen LogP contribution in [-0.2, 0) is 9.84 Å². The summed E-state index contributed by atoms with van der Waals surface area (Å²) in [5.41, 5.74) is 3.74. The summed E-state index contributed by atoms with van der Waals surface area (Å²) >= 11 is 0. The molecule has 50 heavy (non-hydrogen) atoms. The minimum Gasteiger partial charge on any atom is -0.478 e. The summed E-state index contributed by atoms with van der Waals surface area (Å²) in [5.74, 6) is -1.52. The van der Waals surface area contributed by atoms with Crippen LogP contribution in [0.3, 0.4) is 0 Å². The van der Waals surface area contributed by atoms with Gasteiger partial charge in [-0.25, -0.2) is 18.0 Å². The molecule has 0 saturated carbocycles. The summed E-state index contributed by atoms with van der Waals surface area (Å²) in [6.45, 7) is 0. The molecule has 240 valence electrons. The highest BCUT2D eigenvalue weighted by molar-refractivity contribution is 7.92. The zero-order valence-electron chi connectivity index (χ0n) is 26.0. The van der Waals surface area contributed by atoms with Gasteiger partial charge in [0, 0.05) is 10.8 Å². The molecule has 1 aliphatic heterocycles. The molecule has 7 nitrogen and oxygen atoms in total. The maximum atomic E-state index is 14.6. The second kappa shape index (κ2) is 10.7. The quantitative estimate of drug-likeness (QED) is 0.191. The molecule has 1 aliphatic rings. The number of carboxylic acid groups (broad SMARTS) is 2. The SMILES string of the molecule is O=C(O)c1ccc(-c2ccc3c4c(ccc3c2)Oc2ccc3cc(-c5ccc(C(=O)O)c6ccccc56)ccc3c2S4(=O)=O)c2ccccc12. The van der Waals surface area contributed by atoms with Crippen LogP contribution in [0, 0.1) is 0 Å². The fourth-order valence-corrected chi connectivity index (χ4v) is 9.21. The third kappa shape index (κ3) is 4.32. The van der Waals surface area contributed by atoms with Gasteiger partial charge in [0.25, 0.3) is 0 Å². The van der Waals surface area contributed by atoms with E-state index in [-0.39, 0.29) is 32.4 Å². The summed E-state index contributed by atoms with van der Waals surface area (Å²) < 4.78 is 35.4. The van der Waals surface area contributed by atoms with Crippen molar-refractivity contribution < 1.29 is 33.0 Å². The molecule has 9 rings (SSSR count). The molecule has 0 aliphatic carbocycles. The Hall–Kier alpha value is -6.51. The number of benzene rings is 8. The van der Waals surface area contributed by atoms with E-state index in [1.54, 1.807) is 72.8 Å². The summed E-state index contributed by atoms with van der Waals surface area (Å²) in [6.07, 6.45) is 0. The van der Waals surface area contributed by atoms with Crippen molar-refractivity contribution in [3.05, 3.63) is 145 Å². The highest BCUT2D eigenvalue weighted by atomic mass is 32.2. The van der Waals surface area contributed by atoms with Crippen LogP contribution >= 0.6 is 0 Å². The van der Waals surface area contributed by atoms with E-state index in [2.05, 4.69) is 0 Å². The average molecular weight is 673 g/mol. The number of sulfone groups is 1. The topological polar surface area (TPSA) is 118 Å². The van der Waals surface area contributed by atoms with E-state index in [0.29, 0.717) is 32.3 Å². The van der Waals surface area contributed by atoms with Crippen LogP contribution in [0.5, 0.6) is 11.5 Å². The minimum atomic E-state index is -4.06. The minimum absolute atomic E-state index is 0.0898. The number of aromatic carboxylic acids is 2. The van der Waals surface area contributed by atoms with Gasteiger partial charge in [-0.15, -0.1) is 0 Å². The van der Waals surface area contributed by atoms with Crippen molar-refractivity contribution in [3.8, 4) is 33.8 Å². The zero-order valence-corrected chi connectivity index (χ0v) is 26.9. The lowest BCUT2D eigenvalue weighted by molar-refractivity contribution is 0.0688. The van der Waals surface area contributed by atoms with E-state index in [4.69, 9.17) is 4.74 Å². The van der Waals surface area contributed by atoms with E-state index in [1.807, 2.05) is 60.7 Å².